The van der Waals surface area contributed by atoms with Gasteiger partial charge in [0.15, 0.2) is 0 Å². The molecule has 2 aliphatic heterocycles. The van der Waals surface area contributed by atoms with E-state index in [1.807, 2.05) is 18.3 Å². The second-order valence-electron chi connectivity index (χ2n) is 7.45. The largest absolute Gasteiger partial charge is 0.497 e. The molecule has 3 aromatic rings. The van der Waals surface area contributed by atoms with Crippen LogP contribution in [0.3, 0.4) is 0 Å². The number of anilines is 1. The van der Waals surface area contributed by atoms with Crippen LogP contribution in [-0.4, -0.2) is 43.7 Å². The molecular weight excluding hydrogens is 326 g/mol. The maximum Gasteiger partial charge on any atom is 0.139 e. The Hall–Kier alpha value is -2.53. The summed E-state index contributed by atoms with van der Waals surface area (Å²) in [4.78, 5) is 9.61. The SMILES string of the molecule is COc1ccc([C@H]2[C@@H]3CN(c4nccc5occc45)C[C@@H]3CN2C)cc1. The van der Waals surface area contributed by atoms with Gasteiger partial charge in [-0.15, -0.1) is 0 Å². The second kappa shape index (κ2) is 6.02. The number of rotatable bonds is 3. The maximum absolute atomic E-state index is 5.55. The molecule has 5 heteroatoms. The highest BCUT2D eigenvalue weighted by Crippen LogP contribution is 2.45. The molecule has 0 radical (unpaired) electrons. The van der Waals surface area contributed by atoms with E-state index in [0.29, 0.717) is 17.9 Å². The van der Waals surface area contributed by atoms with Crippen LogP contribution in [0.2, 0.25) is 0 Å². The number of benzene rings is 1. The molecule has 2 saturated heterocycles. The Labute approximate surface area is 153 Å². The summed E-state index contributed by atoms with van der Waals surface area (Å²) in [6.07, 6.45) is 3.60. The summed E-state index contributed by atoms with van der Waals surface area (Å²) >= 11 is 0. The van der Waals surface area contributed by atoms with Crippen molar-refractivity contribution in [3.63, 3.8) is 0 Å². The lowest BCUT2D eigenvalue weighted by molar-refractivity contribution is 0.279. The first-order valence-electron chi connectivity index (χ1n) is 9.16. The van der Waals surface area contributed by atoms with E-state index in [1.165, 1.54) is 5.56 Å². The van der Waals surface area contributed by atoms with Gasteiger partial charge < -0.3 is 14.1 Å². The van der Waals surface area contributed by atoms with Gasteiger partial charge in [-0.2, -0.15) is 0 Å². The predicted octanol–water partition coefficient (Wildman–Crippen LogP) is 3.58. The molecule has 26 heavy (non-hydrogen) atoms. The van der Waals surface area contributed by atoms with Gasteiger partial charge >= 0.3 is 0 Å². The van der Waals surface area contributed by atoms with Gasteiger partial charge in [-0.3, -0.25) is 4.90 Å². The molecule has 0 spiro atoms. The third-order valence-electron chi connectivity index (χ3n) is 6.01. The third kappa shape index (κ3) is 2.38. The van der Waals surface area contributed by atoms with Crippen LogP contribution < -0.4 is 9.64 Å². The monoisotopic (exact) mass is 349 g/mol. The third-order valence-corrected chi connectivity index (χ3v) is 6.01. The van der Waals surface area contributed by atoms with Crippen molar-refractivity contribution >= 4 is 16.8 Å². The zero-order valence-electron chi connectivity index (χ0n) is 15.1. The van der Waals surface area contributed by atoms with Crippen LogP contribution in [0.5, 0.6) is 5.75 Å². The molecule has 3 atom stereocenters. The Morgan fingerprint density at radius 2 is 1.92 bits per heavy atom. The molecule has 134 valence electrons. The number of aromatic nitrogens is 1. The summed E-state index contributed by atoms with van der Waals surface area (Å²) in [5.41, 5.74) is 2.29. The molecule has 4 heterocycles. The van der Waals surface area contributed by atoms with Gasteiger partial charge in [0.05, 0.1) is 18.8 Å². The Kier molecular flexibility index (Phi) is 3.64. The summed E-state index contributed by atoms with van der Waals surface area (Å²) in [6.45, 7) is 3.21. The van der Waals surface area contributed by atoms with Gasteiger partial charge in [0.1, 0.15) is 17.2 Å². The molecule has 2 aliphatic rings. The summed E-state index contributed by atoms with van der Waals surface area (Å²) in [7, 11) is 3.96. The minimum Gasteiger partial charge on any atom is -0.497 e. The summed E-state index contributed by atoms with van der Waals surface area (Å²) < 4.78 is 10.9. The van der Waals surface area contributed by atoms with Crippen molar-refractivity contribution in [1.29, 1.82) is 0 Å². The number of methoxy groups -OCH3 is 1. The number of hydrogen-bond acceptors (Lipinski definition) is 5. The van der Waals surface area contributed by atoms with Gasteiger partial charge in [-0.1, -0.05) is 12.1 Å². The van der Waals surface area contributed by atoms with Crippen molar-refractivity contribution < 1.29 is 9.15 Å². The van der Waals surface area contributed by atoms with Crippen LogP contribution in [-0.2, 0) is 0 Å². The van der Waals surface area contributed by atoms with Crippen LogP contribution in [0.4, 0.5) is 5.82 Å². The highest BCUT2D eigenvalue weighted by molar-refractivity contribution is 5.88. The number of pyridine rings is 1. The first-order chi connectivity index (χ1) is 12.7. The molecule has 0 saturated carbocycles. The van der Waals surface area contributed by atoms with Crippen molar-refractivity contribution in [3.05, 3.63) is 54.4 Å². The van der Waals surface area contributed by atoms with Crippen molar-refractivity contribution in [2.75, 3.05) is 38.7 Å². The molecule has 2 fully saturated rings. The molecule has 5 rings (SSSR count). The predicted molar refractivity (Wildman–Crippen MR) is 102 cm³/mol. The highest BCUT2D eigenvalue weighted by atomic mass is 16.5. The van der Waals surface area contributed by atoms with E-state index in [0.717, 1.165) is 42.2 Å². The Morgan fingerprint density at radius 3 is 2.73 bits per heavy atom. The maximum atomic E-state index is 5.55. The second-order valence-corrected chi connectivity index (χ2v) is 7.45. The van der Waals surface area contributed by atoms with Crippen molar-refractivity contribution in [2.45, 2.75) is 6.04 Å². The van der Waals surface area contributed by atoms with Crippen LogP contribution in [0.15, 0.2) is 53.3 Å². The normalized spacial score (nSPS) is 25.8. The van der Waals surface area contributed by atoms with Gasteiger partial charge in [-0.25, -0.2) is 4.98 Å². The van der Waals surface area contributed by atoms with E-state index in [1.54, 1.807) is 13.4 Å². The van der Waals surface area contributed by atoms with Gasteiger partial charge in [0, 0.05) is 37.8 Å². The topological polar surface area (TPSA) is 41.7 Å². The summed E-state index contributed by atoms with van der Waals surface area (Å²) in [6, 6.07) is 13.0. The average molecular weight is 349 g/mol. The quantitative estimate of drug-likeness (QED) is 0.723. The van der Waals surface area contributed by atoms with E-state index in [-0.39, 0.29) is 0 Å². The lowest BCUT2D eigenvalue weighted by Gasteiger charge is -2.27. The van der Waals surface area contributed by atoms with Crippen LogP contribution >= 0.6 is 0 Å². The lowest BCUT2D eigenvalue weighted by atomic mass is 9.89. The average Bonchev–Trinajstić information content (AvgIpc) is 3.35. The van der Waals surface area contributed by atoms with E-state index >= 15 is 0 Å². The molecule has 0 amide bonds. The zero-order valence-corrected chi connectivity index (χ0v) is 15.1. The molecule has 0 N–H and O–H groups in total. The number of nitrogens with zero attached hydrogens (tertiary/aromatic N) is 3. The minimum atomic E-state index is 0.444. The smallest absolute Gasteiger partial charge is 0.139 e. The van der Waals surface area contributed by atoms with Gasteiger partial charge in [0.25, 0.3) is 0 Å². The molecule has 0 aliphatic carbocycles. The Balaban J connectivity index is 1.44. The molecule has 2 aromatic heterocycles. The molecule has 5 nitrogen and oxygen atoms in total. The molecule has 1 aromatic carbocycles. The number of furan rings is 1. The fourth-order valence-electron chi connectivity index (χ4n) is 4.87. The fraction of sp³-hybridized carbons (Fsp3) is 0.381. The zero-order chi connectivity index (χ0) is 17.7. The Morgan fingerprint density at radius 1 is 1.08 bits per heavy atom. The van der Waals surface area contributed by atoms with Crippen molar-refractivity contribution in [1.82, 2.24) is 9.88 Å². The number of likely N-dealkylation sites (tertiary alicyclic amines) is 1. The van der Waals surface area contributed by atoms with E-state index in [4.69, 9.17) is 9.15 Å². The molecule has 0 unspecified atom stereocenters. The number of ether oxygens (including phenoxy) is 1. The minimum absolute atomic E-state index is 0.444. The molecular formula is C21H23N3O2. The van der Waals surface area contributed by atoms with E-state index in [9.17, 15) is 0 Å². The summed E-state index contributed by atoms with van der Waals surface area (Å²) in [5, 5.41) is 1.11. The van der Waals surface area contributed by atoms with Crippen LogP contribution in [0.25, 0.3) is 11.0 Å². The first kappa shape index (κ1) is 15.7. The van der Waals surface area contributed by atoms with Crippen LogP contribution in [0.1, 0.15) is 11.6 Å². The lowest BCUT2D eigenvalue weighted by Crippen LogP contribution is -2.29. The highest BCUT2D eigenvalue weighted by Gasteiger charge is 2.46. The molecule has 0 bridgehead atoms. The van der Waals surface area contributed by atoms with E-state index < -0.39 is 0 Å². The number of hydrogen-bond donors (Lipinski definition) is 0. The van der Waals surface area contributed by atoms with Crippen molar-refractivity contribution in [3.8, 4) is 5.75 Å². The van der Waals surface area contributed by atoms with E-state index in [2.05, 4.69) is 46.1 Å². The number of fused-ring (bicyclic) bond motifs is 2. The van der Waals surface area contributed by atoms with Crippen molar-refractivity contribution in [2.24, 2.45) is 11.8 Å². The van der Waals surface area contributed by atoms with Gasteiger partial charge in [-0.05, 0) is 42.8 Å². The van der Waals surface area contributed by atoms with Gasteiger partial charge in [0.2, 0.25) is 0 Å². The Bertz CT molecular complexity index is 920. The summed E-state index contributed by atoms with van der Waals surface area (Å²) in [5.74, 6) is 3.24. The fourth-order valence-corrected chi connectivity index (χ4v) is 4.87. The standard InChI is InChI=1S/C21H23N3O2/c1-23-11-15-12-24(21-17-8-10-26-19(17)7-9-22-21)13-18(15)20(23)14-3-5-16(25-2)6-4-14/h3-10,15,18,20H,11-13H2,1-2H3/t15-,18+,20-/m0/s1. The van der Waals surface area contributed by atoms with Crippen LogP contribution in [0, 0.1) is 11.8 Å². The first-order valence-corrected chi connectivity index (χ1v) is 9.16.